The predicted molar refractivity (Wildman–Crippen MR) is 168 cm³/mol. The molecule has 0 aliphatic rings. The fourth-order valence-electron chi connectivity index (χ4n) is 4.53. The summed E-state index contributed by atoms with van der Waals surface area (Å²) >= 11 is 0. The molecule has 0 bridgehead atoms. The van der Waals surface area contributed by atoms with Gasteiger partial charge in [-0.15, -0.1) is 0 Å². The molecule has 0 unspecified atom stereocenters. The first kappa shape index (κ1) is 31.6. The molecular formula is C34H41FN4O4. The van der Waals surface area contributed by atoms with Gasteiger partial charge in [0.25, 0.3) is 5.91 Å². The van der Waals surface area contributed by atoms with E-state index in [2.05, 4.69) is 36.1 Å². The number of halogens is 1. The van der Waals surface area contributed by atoms with Gasteiger partial charge in [0.15, 0.2) is 0 Å². The Morgan fingerprint density at radius 1 is 0.884 bits per heavy atom. The molecule has 0 saturated heterocycles. The highest BCUT2D eigenvalue weighted by molar-refractivity contribution is 6.04. The van der Waals surface area contributed by atoms with Crippen LogP contribution in [0.15, 0.2) is 72.8 Å². The molecule has 4 aromatic rings. The molecule has 0 aliphatic carbocycles. The number of hydrogen-bond acceptors (Lipinski definition) is 6. The van der Waals surface area contributed by atoms with Gasteiger partial charge in [-0.1, -0.05) is 33.3 Å². The van der Waals surface area contributed by atoms with Crippen molar-refractivity contribution in [3.05, 3.63) is 84.3 Å². The topological polar surface area (TPSA) is 77.8 Å². The highest BCUT2D eigenvalue weighted by Gasteiger charge is 2.17. The van der Waals surface area contributed by atoms with Gasteiger partial charge in [-0.05, 0) is 80.5 Å². The first-order valence-corrected chi connectivity index (χ1v) is 14.9. The van der Waals surface area contributed by atoms with Crippen molar-refractivity contribution in [1.82, 2.24) is 14.7 Å². The van der Waals surface area contributed by atoms with Crippen molar-refractivity contribution < 1.29 is 23.4 Å². The zero-order valence-corrected chi connectivity index (χ0v) is 25.4. The van der Waals surface area contributed by atoms with Crippen LogP contribution in [0.25, 0.3) is 11.3 Å². The molecule has 1 aromatic heterocycles. The standard InChI is InChI=1S/C34H41FN4O4/c1-5-8-20-42-33-23-28(41-21-10-19-39(6-2)7-3)17-18-30(33)36-34(40)32-24-31(37-38(32)4)25-13-15-27(16-14-25)43-29-12-9-11-26(35)22-29/h9,11-18,22-24H,5-8,10,19-21H2,1-4H3,(H,36,40). The van der Waals surface area contributed by atoms with Crippen LogP contribution in [0.2, 0.25) is 0 Å². The molecule has 8 nitrogen and oxygen atoms in total. The minimum Gasteiger partial charge on any atom is -0.493 e. The maximum absolute atomic E-state index is 13.5. The average molecular weight is 589 g/mol. The van der Waals surface area contributed by atoms with Crippen LogP contribution < -0.4 is 19.5 Å². The van der Waals surface area contributed by atoms with Gasteiger partial charge in [-0.25, -0.2) is 4.39 Å². The van der Waals surface area contributed by atoms with Crippen LogP contribution in [0, 0.1) is 5.82 Å². The molecule has 0 aliphatic heterocycles. The number of anilines is 1. The Morgan fingerprint density at radius 3 is 2.35 bits per heavy atom. The van der Waals surface area contributed by atoms with E-state index in [1.54, 1.807) is 42.1 Å². The monoisotopic (exact) mass is 588 g/mol. The van der Waals surface area contributed by atoms with Crippen LogP contribution in [-0.2, 0) is 7.05 Å². The summed E-state index contributed by atoms with van der Waals surface area (Å²) in [4.78, 5) is 15.7. The second kappa shape index (κ2) is 15.7. The quantitative estimate of drug-likeness (QED) is 0.136. The largest absolute Gasteiger partial charge is 0.493 e. The Bertz CT molecular complexity index is 1470. The molecular weight excluding hydrogens is 547 g/mol. The summed E-state index contributed by atoms with van der Waals surface area (Å²) in [6.45, 7) is 10.6. The first-order valence-electron chi connectivity index (χ1n) is 14.9. The van der Waals surface area contributed by atoms with Crippen molar-refractivity contribution in [2.24, 2.45) is 7.05 Å². The SMILES string of the molecule is CCCCOc1cc(OCCCN(CC)CC)ccc1NC(=O)c1cc(-c2ccc(Oc3cccc(F)c3)cc2)nn1C. The van der Waals surface area contributed by atoms with Crippen molar-refractivity contribution in [3.8, 4) is 34.3 Å². The number of carbonyl (C=O) groups is 1. The summed E-state index contributed by atoms with van der Waals surface area (Å²) in [7, 11) is 1.73. The zero-order valence-electron chi connectivity index (χ0n) is 25.4. The van der Waals surface area contributed by atoms with Gasteiger partial charge in [0, 0.05) is 31.3 Å². The summed E-state index contributed by atoms with van der Waals surface area (Å²) in [5, 5.41) is 7.53. The Hall–Kier alpha value is -4.37. The molecule has 0 atom stereocenters. The zero-order chi connectivity index (χ0) is 30.6. The van der Waals surface area contributed by atoms with Crippen molar-refractivity contribution in [2.75, 3.05) is 38.2 Å². The second-order valence-corrected chi connectivity index (χ2v) is 10.2. The number of nitrogens with one attached hydrogen (secondary N) is 1. The van der Waals surface area contributed by atoms with Gasteiger partial charge < -0.3 is 24.4 Å². The number of rotatable bonds is 16. The predicted octanol–water partition coefficient (Wildman–Crippen LogP) is 7.56. The van der Waals surface area contributed by atoms with E-state index in [-0.39, 0.29) is 11.7 Å². The van der Waals surface area contributed by atoms with Crippen molar-refractivity contribution >= 4 is 11.6 Å². The minimum absolute atomic E-state index is 0.305. The molecule has 0 saturated carbocycles. The van der Waals surface area contributed by atoms with E-state index in [4.69, 9.17) is 14.2 Å². The summed E-state index contributed by atoms with van der Waals surface area (Å²) in [5.74, 6) is 1.59. The normalized spacial score (nSPS) is 11.0. The van der Waals surface area contributed by atoms with Crippen LogP contribution in [-0.4, -0.2) is 53.4 Å². The maximum atomic E-state index is 13.5. The smallest absolute Gasteiger partial charge is 0.274 e. The number of ether oxygens (including phenoxy) is 3. The number of hydrogen-bond donors (Lipinski definition) is 1. The molecule has 1 amide bonds. The molecule has 0 spiro atoms. The number of nitrogens with zero attached hydrogens (tertiary/aromatic N) is 3. The Kier molecular flexibility index (Phi) is 11.6. The molecule has 0 fully saturated rings. The number of amides is 1. The average Bonchev–Trinajstić information content (AvgIpc) is 3.40. The Morgan fingerprint density at radius 2 is 1.63 bits per heavy atom. The summed E-state index contributed by atoms with van der Waals surface area (Å²) in [5.41, 5.74) is 2.41. The third kappa shape index (κ3) is 9.06. The van der Waals surface area contributed by atoms with Gasteiger partial charge >= 0.3 is 0 Å². The van der Waals surface area contributed by atoms with Crippen LogP contribution in [0.3, 0.4) is 0 Å². The summed E-state index contributed by atoms with van der Waals surface area (Å²) < 4.78 is 32.8. The van der Waals surface area contributed by atoms with E-state index in [0.29, 0.717) is 53.3 Å². The molecule has 1 N–H and O–H groups in total. The lowest BCUT2D eigenvalue weighted by atomic mass is 10.1. The third-order valence-electron chi connectivity index (χ3n) is 7.03. The second-order valence-electron chi connectivity index (χ2n) is 10.2. The van der Waals surface area contributed by atoms with E-state index in [1.807, 2.05) is 30.3 Å². The van der Waals surface area contributed by atoms with Crippen molar-refractivity contribution in [3.63, 3.8) is 0 Å². The number of unbranched alkanes of at least 4 members (excludes halogenated alkanes) is 1. The van der Waals surface area contributed by atoms with Crippen LogP contribution in [0.1, 0.15) is 50.5 Å². The molecule has 9 heteroatoms. The molecule has 0 radical (unpaired) electrons. The van der Waals surface area contributed by atoms with E-state index in [1.165, 1.54) is 12.1 Å². The van der Waals surface area contributed by atoms with Crippen LogP contribution in [0.4, 0.5) is 10.1 Å². The molecule has 1 heterocycles. The number of aromatic nitrogens is 2. The highest BCUT2D eigenvalue weighted by Crippen LogP contribution is 2.31. The van der Waals surface area contributed by atoms with Gasteiger partial charge in [0.05, 0.1) is 24.6 Å². The fraction of sp³-hybridized carbons (Fsp3) is 0.353. The van der Waals surface area contributed by atoms with Gasteiger partial charge in [-0.3, -0.25) is 9.48 Å². The molecule has 4 rings (SSSR count). The lowest BCUT2D eigenvalue weighted by Crippen LogP contribution is -2.25. The van der Waals surface area contributed by atoms with Gasteiger partial charge in [0.2, 0.25) is 0 Å². The highest BCUT2D eigenvalue weighted by atomic mass is 19.1. The Labute approximate surface area is 253 Å². The van der Waals surface area contributed by atoms with Crippen molar-refractivity contribution in [1.29, 1.82) is 0 Å². The summed E-state index contributed by atoms with van der Waals surface area (Å²) in [6, 6.07) is 20.5. The lowest BCUT2D eigenvalue weighted by molar-refractivity contribution is 0.101. The van der Waals surface area contributed by atoms with E-state index in [0.717, 1.165) is 44.5 Å². The third-order valence-corrected chi connectivity index (χ3v) is 7.03. The molecule has 228 valence electrons. The molecule has 3 aromatic carbocycles. The number of benzene rings is 3. The number of carbonyl (C=O) groups excluding carboxylic acids is 1. The van der Waals surface area contributed by atoms with Gasteiger partial charge in [0.1, 0.15) is 34.5 Å². The lowest BCUT2D eigenvalue weighted by Gasteiger charge is -2.18. The minimum atomic E-state index is -0.362. The Balaban J connectivity index is 1.43. The summed E-state index contributed by atoms with van der Waals surface area (Å²) in [6.07, 6.45) is 2.83. The first-order chi connectivity index (χ1) is 20.9. The van der Waals surface area contributed by atoms with E-state index in [9.17, 15) is 9.18 Å². The van der Waals surface area contributed by atoms with E-state index >= 15 is 0 Å². The van der Waals surface area contributed by atoms with E-state index < -0.39 is 0 Å². The maximum Gasteiger partial charge on any atom is 0.274 e. The van der Waals surface area contributed by atoms with Crippen molar-refractivity contribution in [2.45, 2.75) is 40.0 Å². The number of aryl methyl sites for hydroxylation is 1. The van der Waals surface area contributed by atoms with Crippen LogP contribution in [0.5, 0.6) is 23.0 Å². The van der Waals surface area contributed by atoms with Gasteiger partial charge in [-0.2, -0.15) is 5.10 Å². The molecule has 43 heavy (non-hydrogen) atoms. The van der Waals surface area contributed by atoms with Crippen LogP contribution >= 0.6 is 0 Å². The fourth-order valence-corrected chi connectivity index (χ4v) is 4.53.